The van der Waals surface area contributed by atoms with E-state index in [1.165, 1.54) is 11.3 Å². The molecule has 1 atom stereocenters. The van der Waals surface area contributed by atoms with E-state index in [0.29, 0.717) is 31.4 Å². The molecule has 0 amide bonds. The molecule has 10 heteroatoms. The Morgan fingerprint density at radius 2 is 1.90 bits per heavy atom. The number of carbonyl (C=O) groups is 1. The Morgan fingerprint density at radius 1 is 1.17 bits per heavy atom. The number of hydrogen-bond donors (Lipinski definition) is 0. The third-order valence-corrected chi connectivity index (χ3v) is 9.17. The van der Waals surface area contributed by atoms with E-state index >= 15 is 0 Å². The lowest BCUT2D eigenvalue weighted by molar-refractivity contribution is -0.139. The maximum absolute atomic E-state index is 14.0. The molecule has 4 aromatic rings. The molecule has 0 saturated carbocycles. The molecule has 3 aromatic carbocycles. The van der Waals surface area contributed by atoms with Gasteiger partial charge in [0.15, 0.2) is 4.80 Å². The average Bonchev–Trinajstić information content (AvgIpc) is 3.23. The summed E-state index contributed by atoms with van der Waals surface area (Å²) >= 11 is 13.4. The Labute approximate surface area is 268 Å². The number of allylic oxidation sites excluding steroid dienone is 1. The maximum atomic E-state index is 14.0. The molecular weight excluding hydrogens is 739 g/mol. The largest absolute Gasteiger partial charge is 0.487 e. The monoisotopic (exact) mass is 762 g/mol. The van der Waals surface area contributed by atoms with Crippen LogP contribution in [0.15, 0.2) is 86.2 Å². The summed E-state index contributed by atoms with van der Waals surface area (Å²) in [6.07, 6.45) is 1.81. The first kappa shape index (κ1) is 29.8. The van der Waals surface area contributed by atoms with Crippen molar-refractivity contribution in [2.24, 2.45) is 4.99 Å². The summed E-state index contributed by atoms with van der Waals surface area (Å²) in [7, 11) is 0. The smallest absolute Gasteiger partial charge is 0.338 e. The second-order valence-electron chi connectivity index (χ2n) is 9.40. The van der Waals surface area contributed by atoms with Crippen LogP contribution < -0.4 is 19.6 Å². The van der Waals surface area contributed by atoms with Gasteiger partial charge in [-0.3, -0.25) is 9.36 Å². The van der Waals surface area contributed by atoms with Crippen molar-refractivity contribution >= 4 is 73.5 Å². The minimum absolute atomic E-state index is 0.221. The fourth-order valence-corrected chi connectivity index (χ4v) is 7.54. The summed E-state index contributed by atoms with van der Waals surface area (Å²) < 4.78 is 15.4. The van der Waals surface area contributed by atoms with E-state index in [9.17, 15) is 9.59 Å². The quantitative estimate of drug-likeness (QED) is 0.155. The van der Waals surface area contributed by atoms with Crippen LogP contribution in [0.4, 0.5) is 0 Å². The summed E-state index contributed by atoms with van der Waals surface area (Å²) in [5.41, 5.74) is 4.11. The predicted molar refractivity (Wildman–Crippen MR) is 174 cm³/mol. The first-order chi connectivity index (χ1) is 19.7. The first-order valence-electron chi connectivity index (χ1n) is 12.8. The highest BCUT2D eigenvalue weighted by atomic mass is 127. The van der Waals surface area contributed by atoms with Gasteiger partial charge in [-0.15, -0.1) is 0 Å². The molecule has 41 heavy (non-hydrogen) atoms. The molecule has 0 N–H and O–H groups in total. The van der Waals surface area contributed by atoms with Crippen molar-refractivity contribution in [1.82, 2.24) is 4.57 Å². The minimum Gasteiger partial charge on any atom is -0.487 e. The summed E-state index contributed by atoms with van der Waals surface area (Å²) in [5.74, 6) is 0.156. The van der Waals surface area contributed by atoms with Gasteiger partial charge in [-0.05, 0) is 73.2 Å². The molecular formula is C31H25BrClIN2O4S. The standard InChI is InChI=1S/C31H25BrClIN2O4S/c1-4-39-30(38)26-18(3)35-31-36(27(26)19-11-9-17(2)10-12-19)29(37)25(41-31)14-21-13-22(32)15-24(34)28(21)40-16-20-7-5-6-8-23(20)33/h5-15,27H,4,16H2,1-3H3/b25-14-/t27-/m0/s1. The number of esters is 1. The van der Waals surface area contributed by atoms with Crippen LogP contribution in [0.1, 0.15) is 42.1 Å². The van der Waals surface area contributed by atoms with Crippen molar-refractivity contribution in [2.75, 3.05) is 6.61 Å². The van der Waals surface area contributed by atoms with E-state index in [1.54, 1.807) is 18.4 Å². The van der Waals surface area contributed by atoms with Crippen LogP contribution in [0.5, 0.6) is 5.75 Å². The van der Waals surface area contributed by atoms with Crippen molar-refractivity contribution in [2.45, 2.75) is 33.4 Å². The van der Waals surface area contributed by atoms with E-state index in [1.807, 2.05) is 73.7 Å². The lowest BCUT2D eigenvalue weighted by atomic mass is 9.95. The topological polar surface area (TPSA) is 69.9 Å². The van der Waals surface area contributed by atoms with E-state index in [-0.39, 0.29) is 18.8 Å². The number of hydrogen-bond acceptors (Lipinski definition) is 6. The second kappa shape index (κ2) is 12.6. The Balaban J connectivity index is 1.65. The van der Waals surface area contributed by atoms with Crippen LogP contribution in [0, 0.1) is 10.5 Å². The second-order valence-corrected chi connectivity index (χ2v) is 12.9. The molecule has 0 unspecified atom stereocenters. The van der Waals surface area contributed by atoms with Crippen LogP contribution in [-0.2, 0) is 16.1 Å². The highest BCUT2D eigenvalue weighted by Crippen LogP contribution is 2.33. The van der Waals surface area contributed by atoms with Crippen LogP contribution in [-0.4, -0.2) is 17.1 Å². The first-order valence-corrected chi connectivity index (χ1v) is 15.9. The number of benzene rings is 3. The van der Waals surface area contributed by atoms with Gasteiger partial charge in [0.25, 0.3) is 5.56 Å². The van der Waals surface area contributed by atoms with Crippen molar-refractivity contribution in [3.05, 3.63) is 127 Å². The van der Waals surface area contributed by atoms with Crippen molar-refractivity contribution < 1.29 is 14.3 Å². The number of thiazole rings is 1. The lowest BCUT2D eigenvalue weighted by Crippen LogP contribution is -2.39. The van der Waals surface area contributed by atoms with Crippen LogP contribution in [0.2, 0.25) is 5.02 Å². The van der Waals surface area contributed by atoms with E-state index in [0.717, 1.165) is 30.3 Å². The number of halogens is 3. The predicted octanol–water partition coefficient (Wildman–Crippen LogP) is 6.71. The molecule has 0 radical (unpaired) electrons. The summed E-state index contributed by atoms with van der Waals surface area (Å²) in [6, 6.07) is 18.5. The van der Waals surface area contributed by atoms with Crippen molar-refractivity contribution in [3.63, 3.8) is 0 Å². The number of nitrogens with zero attached hydrogens (tertiary/aromatic N) is 2. The van der Waals surface area contributed by atoms with Crippen LogP contribution in [0.3, 0.4) is 0 Å². The van der Waals surface area contributed by atoms with Gasteiger partial charge in [0.1, 0.15) is 12.4 Å². The number of fused-ring (bicyclic) bond motifs is 1. The molecule has 5 rings (SSSR count). The summed E-state index contributed by atoms with van der Waals surface area (Å²) in [5, 5.41) is 0.623. The molecule has 0 fully saturated rings. The molecule has 0 aliphatic carbocycles. The van der Waals surface area contributed by atoms with E-state index < -0.39 is 12.0 Å². The Bertz CT molecular complexity index is 1860. The molecule has 2 heterocycles. The van der Waals surface area contributed by atoms with Gasteiger partial charge in [0.2, 0.25) is 0 Å². The summed E-state index contributed by atoms with van der Waals surface area (Å²) in [6.45, 7) is 6.03. The fourth-order valence-electron chi connectivity index (χ4n) is 4.60. The number of rotatable bonds is 7. The van der Waals surface area contributed by atoms with Gasteiger partial charge in [-0.2, -0.15) is 0 Å². The normalized spacial score (nSPS) is 15.0. The highest BCUT2D eigenvalue weighted by molar-refractivity contribution is 14.1. The van der Waals surface area contributed by atoms with Gasteiger partial charge in [0.05, 0.1) is 32.0 Å². The van der Waals surface area contributed by atoms with Gasteiger partial charge in [0, 0.05) is 20.6 Å². The molecule has 0 saturated heterocycles. The molecule has 6 nitrogen and oxygen atoms in total. The summed E-state index contributed by atoms with van der Waals surface area (Å²) in [4.78, 5) is 32.3. The van der Waals surface area contributed by atoms with Crippen molar-refractivity contribution in [3.8, 4) is 5.75 Å². The van der Waals surface area contributed by atoms with Crippen molar-refractivity contribution in [1.29, 1.82) is 0 Å². The minimum atomic E-state index is -0.661. The Kier molecular flexibility index (Phi) is 9.18. The number of aromatic nitrogens is 1. The maximum Gasteiger partial charge on any atom is 0.338 e. The van der Waals surface area contributed by atoms with Crippen LogP contribution in [0.25, 0.3) is 6.08 Å². The van der Waals surface area contributed by atoms with Gasteiger partial charge >= 0.3 is 5.97 Å². The molecule has 0 spiro atoms. The van der Waals surface area contributed by atoms with E-state index in [4.69, 9.17) is 21.1 Å². The molecule has 1 aliphatic heterocycles. The molecule has 210 valence electrons. The number of carbonyl (C=O) groups excluding carboxylic acids is 1. The van der Waals surface area contributed by atoms with Gasteiger partial charge in [-0.1, -0.05) is 86.9 Å². The third-order valence-electron chi connectivity index (χ3n) is 6.56. The zero-order chi connectivity index (χ0) is 29.3. The van der Waals surface area contributed by atoms with E-state index in [2.05, 4.69) is 43.5 Å². The molecule has 1 aromatic heterocycles. The SMILES string of the molecule is CCOC(=O)C1=C(C)N=c2s/c(=C\c3cc(Br)cc(I)c3OCc3ccccc3Cl)c(=O)n2[C@H]1c1ccc(C)cc1. The number of aryl methyl sites for hydroxylation is 1. The van der Waals surface area contributed by atoms with Gasteiger partial charge < -0.3 is 9.47 Å². The fraction of sp³-hybridized carbons (Fsp3) is 0.194. The average molecular weight is 764 g/mol. The molecule has 1 aliphatic rings. The Morgan fingerprint density at radius 3 is 2.61 bits per heavy atom. The highest BCUT2D eigenvalue weighted by Gasteiger charge is 2.33. The van der Waals surface area contributed by atoms with Crippen LogP contribution >= 0.6 is 61.5 Å². The zero-order valence-electron chi connectivity index (χ0n) is 22.4. The number of ether oxygens (including phenoxy) is 2. The lowest BCUT2D eigenvalue weighted by Gasteiger charge is -2.24. The zero-order valence-corrected chi connectivity index (χ0v) is 27.7. The third kappa shape index (κ3) is 6.23. The molecule has 0 bridgehead atoms. The Hall–Kier alpha value is -2.73. The van der Waals surface area contributed by atoms with Gasteiger partial charge in [-0.25, -0.2) is 9.79 Å².